The molecule has 162 valence electrons. The number of amides is 2. The lowest BCUT2D eigenvalue weighted by atomic mass is 10.1. The number of unbranched alkanes of at least 4 members (excludes halogenated alkanes) is 2. The maximum Gasteiger partial charge on any atom is 0.266 e. The van der Waals surface area contributed by atoms with Crippen LogP contribution in [0, 0.1) is 6.92 Å². The van der Waals surface area contributed by atoms with Gasteiger partial charge in [-0.1, -0.05) is 66.8 Å². The van der Waals surface area contributed by atoms with Gasteiger partial charge in [0, 0.05) is 24.2 Å². The van der Waals surface area contributed by atoms with Gasteiger partial charge in [0.25, 0.3) is 5.91 Å². The highest BCUT2D eigenvalue weighted by Crippen LogP contribution is 2.34. The normalized spacial score (nSPS) is 14.9. The van der Waals surface area contributed by atoms with Crippen molar-refractivity contribution in [3.63, 3.8) is 0 Å². The van der Waals surface area contributed by atoms with Crippen molar-refractivity contribution in [3.8, 4) is 5.75 Å². The van der Waals surface area contributed by atoms with Gasteiger partial charge in [0.1, 0.15) is 10.1 Å². The molecule has 2 aromatic carbocycles. The van der Waals surface area contributed by atoms with Gasteiger partial charge >= 0.3 is 0 Å². The maximum absolute atomic E-state index is 12.8. The Hall–Kier alpha value is -2.64. The van der Waals surface area contributed by atoms with E-state index in [0.717, 1.165) is 41.8 Å². The molecule has 7 heteroatoms. The lowest BCUT2D eigenvalue weighted by Crippen LogP contribution is -2.29. The largest absolute Gasteiger partial charge is 0.496 e. The number of carbonyl (C=O) groups excluding carboxylic acids is 2. The van der Waals surface area contributed by atoms with Crippen molar-refractivity contribution in [1.29, 1.82) is 0 Å². The van der Waals surface area contributed by atoms with Gasteiger partial charge in [0.2, 0.25) is 5.91 Å². The Balaban J connectivity index is 1.45. The zero-order chi connectivity index (χ0) is 22.2. The highest BCUT2D eigenvalue weighted by atomic mass is 32.2. The molecule has 31 heavy (non-hydrogen) atoms. The van der Waals surface area contributed by atoms with Gasteiger partial charge in [-0.2, -0.15) is 0 Å². The summed E-state index contributed by atoms with van der Waals surface area (Å²) in [6.07, 6.45) is 4.70. The fourth-order valence-electron chi connectivity index (χ4n) is 3.28. The summed E-state index contributed by atoms with van der Waals surface area (Å²) in [5, 5.41) is 2.95. The van der Waals surface area contributed by atoms with Crippen molar-refractivity contribution in [2.75, 3.05) is 19.0 Å². The van der Waals surface area contributed by atoms with E-state index in [1.165, 1.54) is 11.8 Å². The van der Waals surface area contributed by atoms with Crippen LogP contribution in [0.4, 0.5) is 5.69 Å². The minimum absolute atomic E-state index is 0.0136. The first-order valence-electron chi connectivity index (χ1n) is 10.2. The molecule has 1 saturated heterocycles. The molecule has 1 fully saturated rings. The fourth-order valence-corrected chi connectivity index (χ4v) is 4.58. The minimum atomic E-state index is -0.0711. The van der Waals surface area contributed by atoms with Gasteiger partial charge in [-0.15, -0.1) is 0 Å². The van der Waals surface area contributed by atoms with Gasteiger partial charge < -0.3 is 10.1 Å². The fraction of sp³-hybridized carbons (Fsp3) is 0.292. The minimum Gasteiger partial charge on any atom is -0.496 e. The Morgan fingerprint density at radius 1 is 1.13 bits per heavy atom. The first kappa shape index (κ1) is 23.0. The molecule has 0 radical (unpaired) electrons. The Bertz CT molecular complexity index is 1000. The van der Waals surface area contributed by atoms with Crippen molar-refractivity contribution in [1.82, 2.24) is 4.90 Å². The van der Waals surface area contributed by atoms with Gasteiger partial charge in [-0.3, -0.25) is 14.5 Å². The molecule has 2 amide bonds. The molecule has 5 nitrogen and oxygen atoms in total. The number of ether oxygens (including phenoxy) is 1. The van der Waals surface area contributed by atoms with Gasteiger partial charge in [0.05, 0.1) is 12.0 Å². The zero-order valence-corrected chi connectivity index (χ0v) is 19.4. The molecule has 1 aliphatic rings. The van der Waals surface area contributed by atoms with Crippen LogP contribution in [0.5, 0.6) is 5.75 Å². The van der Waals surface area contributed by atoms with E-state index in [-0.39, 0.29) is 11.8 Å². The molecule has 2 aromatic rings. The molecule has 1 heterocycles. The average molecular weight is 455 g/mol. The number of aryl methyl sites for hydroxylation is 1. The number of thioether (sulfide) groups is 1. The van der Waals surface area contributed by atoms with Crippen molar-refractivity contribution < 1.29 is 14.3 Å². The molecule has 0 aliphatic carbocycles. The average Bonchev–Trinajstić information content (AvgIpc) is 3.02. The van der Waals surface area contributed by atoms with Crippen LogP contribution in [0.1, 0.15) is 36.8 Å². The summed E-state index contributed by atoms with van der Waals surface area (Å²) in [7, 11) is 1.61. The van der Waals surface area contributed by atoms with Gasteiger partial charge in [0.15, 0.2) is 0 Å². The van der Waals surface area contributed by atoms with Crippen LogP contribution in [0.15, 0.2) is 53.4 Å². The molecule has 3 rings (SSSR count). The molecule has 1 N–H and O–H groups in total. The molecule has 0 unspecified atom stereocenters. The Kier molecular flexibility index (Phi) is 8.26. The van der Waals surface area contributed by atoms with Crippen molar-refractivity contribution in [3.05, 3.63) is 64.6 Å². The Labute approximate surface area is 192 Å². The number of methoxy groups -OCH3 is 1. The number of thiocarbonyl (C=S) groups is 1. The summed E-state index contributed by atoms with van der Waals surface area (Å²) in [6.45, 7) is 2.54. The number of hydrogen-bond acceptors (Lipinski definition) is 5. The molecule has 1 aliphatic heterocycles. The number of anilines is 1. The van der Waals surface area contributed by atoms with E-state index in [9.17, 15) is 9.59 Å². The van der Waals surface area contributed by atoms with Gasteiger partial charge in [-0.25, -0.2) is 0 Å². The summed E-state index contributed by atoms with van der Waals surface area (Å²) in [4.78, 5) is 27.2. The number of rotatable bonds is 9. The lowest BCUT2D eigenvalue weighted by Gasteiger charge is -2.14. The Morgan fingerprint density at radius 3 is 2.65 bits per heavy atom. The van der Waals surface area contributed by atoms with Crippen molar-refractivity contribution >= 4 is 51.9 Å². The summed E-state index contributed by atoms with van der Waals surface area (Å²) in [5.41, 5.74) is 2.75. The predicted molar refractivity (Wildman–Crippen MR) is 131 cm³/mol. The van der Waals surface area contributed by atoms with Crippen LogP contribution < -0.4 is 10.1 Å². The smallest absolute Gasteiger partial charge is 0.266 e. The third kappa shape index (κ3) is 6.18. The lowest BCUT2D eigenvalue weighted by molar-refractivity contribution is -0.122. The third-order valence-corrected chi connectivity index (χ3v) is 6.38. The van der Waals surface area contributed by atoms with E-state index in [1.807, 2.05) is 61.5 Å². The highest BCUT2D eigenvalue weighted by molar-refractivity contribution is 8.26. The number of para-hydroxylation sites is 2. The van der Waals surface area contributed by atoms with Crippen LogP contribution in [0.3, 0.4) is 0 Å². The molecular formula is C24H26N2O3S2. The van der Waals surface area contributed by atoms with Crippen LogP contribution in [-0.2, 0) is 9.59 Å². The van der Waals surface area contributed by atoms with E-state index >= 15 is 0 Å². The molecule has 0 spiro atoms. The van der Waals surface area contributed by atoms with Crippen LogP contribution in [0.25, 0.3) is 6.08 Å². The maximum atomic E-state index is 12.8. The van der Waals surface area contributed by atoms with E-state index in [2.05, 4.69) is 5.32 Å². The molecular weight excluding hydrogens is 428 g/mol. The van der Waals surface area contributed by atoms with Crippen LogP contribution in [0.2, 0.25) is 0 Å². The Morgan fingerprint density at radius 2 is 1.87 bits per heavy atom. The number of nitrogens with one attached hydrogen (secondary N) is 1. The summed E-state index contributed by atoms with van der Waals surface area (Å²) in [6, 6.07) is 15.3. The second-order valence-corrected chi connectivity index (χ2v) is 8.92. The number of nitrogens with zero attached hydrogens (tertiary/aromatic N) is 1. The first-order valence-corrected chi connectivity index (χ1v) is 11.5. The number of hydrogen-bond donors (Lipinski definition) is 1. The van der Waals surface area contributed by atoms with Crippen LogP contribution >= 0.6 is 24.0 Å². The second-order valence-electron chi connectivity index (χ2n) is 7.25. The number of carbonyl (C=O) groups is 2. The molecule has 0 atom stereocenters. The number of benzene rings is 2. The molecule has 0 saturated carbocycles. The molecule has 0 bridgehead atoms. The first-order chi connectivity index (χ1) is 15.0. The highest BCUT2D eigenvalue weighted by Gasteiger charge is 2.31. The molecule has 0 aromatic heterocycles. The van der Waals surface area contributed by atoms with Crippen LogP contribution in [-0.4, -0.2) is 34.7 Å². The van der Waals surface area contributed by atoms with E-state index in [0.29, 0.717) is 22.2 Å². The summed E-state index contributed by atoms with van der Waals surface area (Å²) >= 11 is 6.72. The quantitative estimate of drug-likeness (QED) is 0.312. The van der Waals surface area contributed by atoms with Gasteiger partial charge in [-0.05, 0) is 43.5 Å². The standard InChI is InChI=1S/C24H26N2O3S2/c1-17-10-5-7-12-19(17)25-22(27)14-4-3-9-15-26-23(28)21(31-24(26)30)16-18-11-6-8-13-20(18)29-2/h5-8,10-13,16H,3-4,9,14-15H2,1-2H3,(H,25,27)/b21-16-. The SMILES string of the molecule is COc1ccccc1/C=C1\SC(=S)N(CCCCCC(=O)Nc2ccccc2C)C1=O. The summed E-state index contributed by atoms with van der Waals surface area (Å²) in [5.74, 6) is 0.662. The predicted octanol–water partition coefficient (Wildman–Crippen LogP) is 5.40. The van der Waals surface area contributed by atoms with E-state index in [1.54, 1.807) is 12.0 Å². The third-order valence-electron chi connectivity index (χ3n) is 5.00. The second kappa shape index (κ2) is 11.1. The topological polar surface area (TPSA) is 58.6 Å². The van der Waals surface area contributed by atoms with E-state index in [4.69, 9.17) is 17.0 Å². The van der Waals surface area contributed by atoms with E-state index < -0.39 is 0 Å². The summed E-state index contributed by atoms with van der Waals surface area (Å²) < 4.78 is 5.93. The van der Waals surface area contributed by atoms with Crippen molar-refractivity contribution in [2.24, 2.45) is 0 Å². The van der Waals surface area contributed by atoms with Crippen molar-refractivity contribution in [2.45, 2.75) is 32.6 Å². The zero-order valence-electron chi connectivity index (χ0n) is 17.7. The monoisotopic (exact) mass is 454 g/mol.